The van der Waals surface area contributed by atoms with Crippen LogP contribution in [0.1, 0.15) is 57.5 Å². The molecule has 1 saturated carbocycles. The summed E-state index contributed by atoms with van der Waals surface area (Å²) in [6, 6.07) is 21.5. The van der Waals surface area contributed by atoms with Crippen molar-refractivity contribution >= 4 is 17.5 Å². The minimum atomic E-state index is -0.411. The fourth-order valence-electron chi connectivity index (χ4n) is 4.39. The van der Waals surface area contributed by atoms with Gasteiger partial charge in [-0.3, -0.25) is 9.59 Å². The molecule has 0 radical (unpaired) electrons. The number of carbonyl (C=O) groups is 2. The monoisotopic (exact) mass is 470 g/mol. The van der Waals surface area contributed by atoms with Crippen LogP contribution in [0.5, 0.6) is 0 Å². The second kappa shape index (κ2) is 10.9. The fraction of sp³-hybridized carbons (Fsp3) is 0.250. The zero-order chi connectivity index (χ0) is 24.8. The van der Waals surface area contributed by atoms with E-state index in [-0.39, 0.29) is 23.9 Å². The quantitative estimate of drug-likeness (QED) is 0.537. The van der Waals surface area contributed by atoms with Gasteiger partial charge in [-0.1, -0.05) is 18.2 Å². The van der Waals surface area contributed by atoms with E-state index in [4.69, 9.17) is 11.0 Å². The second-order valence-corrected chi connectivity index (χ2v) is 8.81. The van der Waals surface area contributed by atoms with Crippen LogP contribution in [0.25, 0.3) is 0 Å². The van der Waals surface area contributed by atoms with Crippen molar-refractivity contribution in [1.29, 1.82) is 5.26 Å². The van der Waals surface area contributed by atoms with E-state index in [0.29, 0.717) is 28.9 Å². The standard InChI is InChI=1S/C28H27FN4O2/c29-23-11-9-20(10-12-23)27(34)32-26-4-2-1-3-22(26)18-33(25-15-13-24(31)14-16-25)28(35)21-7-5-19(17-30)6-8-21/h1-12,24-25H,13-16,18,31H2,(H,32,34). The van der Waals surface area contributed by atoms with Gasteiger partial charge in [0.05, 0.1) is 11.6 Å². The number of hydrogen-bond acceptors (Lipinski definition) is 4. The molecule has 0 unspecified atom stereocenters. The lowest BCUT2D eigenvalue weighted by Gasteiger charge is -2.36. The SMILES string of the molecule is N#Cc1ccc(C(=O)N(Cc2ccccc2NC(=O)c2ccc(F)cc2)C2CCC(N)CC2)cc1. The van der Waals surface area contributed by atoms with Gasteiger partial charge in [0, 0.05) is 35.4 Å². The van der Waals surface area contributed by atoms with Gasteiger partial charge < -0.3 is 16.0 Å². The number of rotatable bonds is 6. The smallest absolute Gasteiger partial charge is 0.255 e. The summed E-state index contributed by atoms with van der Waals surface area (Å²) in [4.78, 5) is 28.2. The van der Waals surface area contributed by atoms with Gasteiger partial charge in [0.25, 0.3) is 11.8 Å². The van der Waals surface area contributed by atoms with Crippen LogP contribution in [0.2, 0.25) is 0 Å². The molecule has 35 heavy (non-hydrogen) atoms. The Morgan fingerprint density at radius 1 is 0.943 bits per heavy atom. The van der Waals surface area contributed by atoms with Crippen LogP contribution < -0.4 is 11.1 Å². The molecule has 2 amide bonds. The Balaban J connectivity index is 1.60. The molecule has 7 heteroatoms. The Hall–Kier alpha value is -4.02. The van der Waals surface area contributed by atoms with Crippen molar-refractivity contribution < 1.29 is 14.0 Å². The lowest BCUT2D eigenvalue weighted by atomic mass is 9.90. The molecule has 0 aliphatic heterocycles. The van der Waals surface area contributed by atoms with Crippen LogP contribution in [-0.4, -0.2) is 28.8 Å². The van der Waals surface area contributed by atoms with Gasteiger partial charge >= 0.3 is 0 Å². The zero-order valence-electron chi connectivity index (χ0n) is 19.3. The molecule has 6 nitrogen and oxygen atoms in total. The normalized spacial score (nSPS) is 17.3. The third-order valence-corrected chi connectivity index (χ3v) is 6.42. The molecule has 4 rings (SSSR count). The van der Waals surface area contributed by atoms with E-state index >= 15 is 0 Å². The predicted molar refractivity (Wildman–Crippen MR) is 132 cm³/mol. The number of nitrogens with two attached hydrogens (primary N) is 1. The second-order valence-electron chi connectivity index (χ2n) is 8.81. The number of carbonyl (C=O) groups excluding carboxylic acids is 2. The van der Waals surface area contributed by atoms with Crippen molar-refractivity contribution in [2.75, 3.05) is 5.32 Å². The summed E-state index contributed by atoms with van der Waals surface area (Å²) >= 11 is 0. The number of benzene rings is 3. The van der Waals surface area contributed by atoms with Gasteiger partial charge in [-0.2, -0.15) is 5.26 Å². The van der Waals surface area contributed by atoms with Gasteiger partial charge in [-0.15, -0.1) is 0 Å². The van der Waals surface area contributed by atoms with Crippen LogP contribution in [0.3, 0.4) is 0 Å². The number of nitriles is 1. The van der Waals surface area contributed by atoms with E-state index in [9.17, 15) is 14.0 Å². The molecular weight excluding hydrogens is 443 g/mol. The van der Waals surface area contributed by atoms with Gasteiger partial charge in [-0.05, 0) is 85.8 Å². The number of halogens is 1. The molecular formula is C28H27FN4O2. The predicted octanol–water partition coefficient (Wildman–Crippen LogP) is 4.86. The van der Waals surface area contributed by atoms with Gasteiger partial charge in [0.1, 0.15) is 5.82 Å². The molecule has 178 valence electrons. The third-order valence-electron chi connectivity index (χ3n) is 6.42. The van der Waals surface area contributed by atoms with Crippen LogP contribution in [0, 0.1) is 17.1 Å². The lowest BCUT2D eigenvalue weighted by molar-refractivity contribution is 0.0607. The van der Waals surface area contributed by atoms with E-state index in [2.05, 4.69) is 11.4 Å². The number of hydrogen-bond donors (Lipinski definition) is 2. The molecule has 0 aromatic heterocycles. The molecule has 1 aliphatic rings. The molecule has 3 N–H and O–H groups in total. The van der Waals surface area contributed by atoms with Gasteiger partial charge in [0.2, 0.25) is 0 Å². The van der Waals surface area contributed by atoms with Crippen molar-refractivity contribution in [3.8, 4) is 6.07 Å². The summed E-state index contributed by atoms with van der Waals surface area (Å²) in [5.41, 5.74) is 8.83. The molecule has 0 saturated heterocycles. The first-order chi connectivity index (χ1) is 16.9. The maximum absolute atomic E-state index is 13.6. The summed E-state index contributed by atoms with van der Waals surface area (Å²) in [7, 11) is 0. The minimum Gasteiger partial charge on any atom is -0.331 e. The van der Waals surface area contributed by atoms with E-state index in [1.165, 1.54) is 24.3 Å². The topological polar surface area (TPSA) is 99.2 Å². The molecule has 1 aliphatic carbocycles. The minimum absolute atomic E-state index is 0.0128. The summed E-state index contributed by atoms with van der Waals surface area (Å²) < 4.78 is 13.3. The fourth-order valence-corrected chi connectivity index (χ4v) is 4.39. The van der Waals surface area contributed by atoms with E-state index in [0.717, 1.165) is 31.2 Å². The lowest BCUT2D eigenvalue weighted by Crippen LogP contribution is -2.44. The Kier molecular flexibility index (Phi) is 7.54. The van der Waals surface area contributed by atoms with Crippen molar-refractivity contribution in [2.24, 2.45) is 5.73 Å². The van der Waals surface area contributed by atoms with Crippen LogP contribution in [-0.2, 0) is 6.54 Å². The third kappa shape index (κ3) is 5.92. The Morgan fingerprint density at radius 2 is 1.57 bits per heavy atom. The number of nitrogens with zero attached hydrogens (tertiary/aromatic N) is 2. The highest BCUT2D eigenvalue weighted by Crippen LogP contribution is 2.28. The first-order valence-corrected chi connectivity index (χ1v) is 11.7. The molecule has 3 aromatic carbocycles. The largest absolute Gasteiger partial charge is 0.331 e. The molecule has 0 bridgehead atoms. The highest BCUT2D eigenvalue weighted by molar-refractivity contribution is 6.04. The van der Waals surface area contributed by atoms with E-state index < -0.39 is 5.82 Å². The first-order valence-electron chi connectivity index (χ1n) is 11.7. The zero-order valence-corrected chi connectivity index (χ0v) is 19.3. The first kappa shape index (κ1) is 24.1. The average molecular weight is 471 g/mol. The number of anilines is 1. The highest BCUT2D eigenvalue weighted by Gasteiger charge is 2.29. The van der Waals surface area contributed by atoms with Crippen LogP contribution >= 0.6 is 0 Å². The molecule has 3 aromatic rings. The van der Waals surface area contributed by atoms with Crippen molar-refractivity contribution in [3.63, 3.8) is 0 Å². The van der Waals surface area contributed by atoms with Crippen molar-refractivity contribution in [2.45, 2.75) is 44.3 Å². The number of amides is 2. The van der Waals surface area contributed by atoms with Gasteiger partial charge in [0.15, 0.2) is 0 Å². The summed E-state index contributed by atoms with van der Waals surface area (Å²) in [6.45, 7) is 0.304. The maximum atomic E-state index is 13.6. The van der Waals surface area contributed by atoms with Crippen LogP contribution in [0.15, 0.2) is 72.8 Å². The Labute approximate surface area is 204 Å². The van der Waals surface area contributed by atoms with Crippen molar-refractivity contribution in [1.82, 2.24) is 4.90 Å². The van der Waals surface area contributed by atoms with E-state index in [1.807, 2.05) is 23.1 Å². The number of nitrogens with one attached hydrogen (secondary N) is 1. The Bertz CT molecular complexity index is 1230. The molecule has 1 fully saturated rings. The average Bonchev–Trinajstić information content (AvgIpc) is 2.89. The summed E-state index contributed by atoms with van der Waals surface area (Å²) in [5, 5.41) is 12.0. The number of para-hydroxylation sites is 1. The van der Waals surface area contributed by atoms with E-state index in [1.54, 1.807) is 30.3 Å². The maximum Gasteiger partial charge on any atom is 0.255 e. The van der Waals surface area contributed by atoms with Gasteiger partial charge in [-0.25, -0.2) is 4.39 Å². The molecule has 0 heterocycles. The Morgan fingerprint density at radius 3 is 2.23 bits per heavy atom. The van der Waals surface area contributed by atoms with Crippen LogP contribution in [0.4, 0.5) is 10.1 Å². The summed E-state index contributed by atoms with van der Waals surface area (Å²) in [5.74, 6) is -0.896. The highest BCUT2D eigenvalue weighted by atomic mass is 19.1. The summed E-state index contributed by atoms with van der Waals surface area (Å²) in [6.07, 6.45) is 3.27. The molecule has 0 atom stereocenters. The van der Waals surface area contributed by atoms with Crippen molar-refractivity contribution in [3.05, 3.63) is 101 Å². The molecule has 0 spiro atoms.